The number of nitrogens with one attached hydrogen (secondary N) is 3. The number of aromatic nitrogens is 4. The SMILES string of the molecule is CC(C)c1cnn2c3nc(nc12)NCC1(CCCCCOc2ccc(C(F)(F)F)cc2CN3)CCNCC1. The summed E-state index contributed by atoms with van der Waals surface area (Å²) in [7, 11) is 0. The van der Waals surface area contributed by atoms with E-state index in [-0.39, 0.29) is 17.9 Å². The molecule has 5 rings (SSSR count). The van der Waals surface area contributed by atoms with Gasteiger partial charge in [-0.05, 0) is 68.3 Å². The van der Waals surface area contributed by atoms with E-state index in [4.69, 9.17) is 14.7 Å². The molecule has 2 aromatic heterocycles. The number of fused-ring (bicyclic) bond motifs is 5. The molecule has 38 heavy (non-hydrogen) atoms. The summed E-state index contributed by atoms with van der Waals surface area (Å²) in [6.45, 7) is 7.47. The Morgan fingerprint density at radius 3 is 2.61 bits per heavy atom. The minimum absolute atomic E-state index is 0.0945. The monoisotopic (exact) mass is 531 g/mol. The van der Waals surface area contributed by atoms with Crippen LogP contribution in [-0.4, -0.2) is 45.8 Å². The number of hydrogen-bond acceptors (Lipinski definition) is 7. The molecule has 0 aliphatic carbocycles. The molecule has 11 heteroatoms. The van der Waals surface area contributed by atoms with Gasteiger partial charge in [-0.3, -0.25) is 0 Å². The van der Waals surface area contributed by atoms with Gasteiger partial charge in [0.15, 0.2) is 5.65 Å². The highest BCUT2D eigenvalue weighted by Gasteiger charge is 2.33. The summed E-state index contributed by atoms with van der Waals surface area (Å²) >= 11 is 0. The lowest BCUT2D eigenvalue weighted by Crippen LogP contribution is -2.41. The molecule has 1 fully saturated rings. The second-order valence-electron chi connectivity index (χ2n) is 10.8. The lowest BCUT2D eigenvalue weighted by atomic mass is 9.75. The van der Waals surface area contributed by atoms with Crippen LogP contribution < -0.4 is 20.7 Å². The molecule has 0 amide bonds. The van der Waals surface area contributed by atoms with Crippen LogP contribution in [0, 0.1) is 5.41 Å². The molecule has 0 atom stereocenters. The maximum Gasteiger partial charge on any atom is 0.416 e. The number of halogens is 3. The number of alkyl halides is 3. The predicted octanol–water partition coefficient (Wildman–Crippen LogP) is 5.61. The molecular weight excluding hydrogens is 495 g/mol. The average Bonchev–Trinajstić information content (AvgIpc) is 3.32. The van der Waals surface area contributed by atoms with Crippen molar-refractivity contribution >= 4 is 17.5 Å². The van der Waals surface area contributed by atoms with E-state index in [1.165, 1.54) is 6.07 Å². The van der Waals surface area contributed by atoms with Crippen LogP contribution in [0.4, 0.5) is 25.1 Å². The second kappa shape index (κ2) is 11.0. The molecule has 2 aliphatic heterocycles. The minimum Gasteiger partial charge on any atom is -0.493 e. The molecule has 2 aliphatic rings. The molecule has 3 N–H and O–H groups in total. The van der Waals surface area contributed by atoms with Crippen molar-refractivity contribution < 1.29 is 17.9 Å². The Kier molecular flexibility index (Phi) is 7.65. The third kappa shape index (κ3) is 5.82. The molecule has 3 aromatic rings. The fourth-order valence-corrected chi connectivity index (χ4v) is 5.40. The van der Waals surface area contributed by atoms with E-state index in [0.29, 0.717) is 35.5 Å². The lowest BCUT2D eigenvalue weighted by Gasteiger charge is -2.38. The van der Waals surface area contributed by atoms with Crippen LogP contribution >= 0.6 is 0 Å². The summed E-state index contributed by atoms with van der Waals surface area (Å²) in [5, 5.41) is 14.7. The quantitative estimate of drug-likeness (QED) is 0.376. The maximum absolute atomic E-state index is 13.5. The van der Waals surface area contributed by atoms with Crippen LogP contribution in [0.2, 0.25) is 0 Å². The number of benzene rings is 1. The third-order valence-corrected chi connectivity index (χ3v) is 7.74. The molecule has 0 radical (unpaired) electrons. The van der Waals surface area contributed by atoms with E-state index in [0.717, 1.165) is 75.9 Å². The van der Waals surface area contributed by atoms with Gasteiger partial charge in [-0.25, -0.2) is 0 Å². The molecule has 1 saturated heterocycles. The van der Waals surface area contributed by atoms with Gasteiger partial charge in [0.2, 0.25) is 11.9 Å². The summed E-state index contributed by atoms with van der Waals surface area (Å²) < 4.78 is 48.1. The molecule has 0 saturated carbocycles. The number of piperidine rings is 1. The predicted molar refractivity (Wildman–Crippen MR) is 141 cm³/mol. The van der Waals surface area contributed by atoms with Crippen LogP contribution in [0.25, 0.3) is 5.65 Å². The number of anilines is 2. The Balaban J connectivity index is 1.52. The summed E-state index contributed by atoms with van der Waals surface area (Å²) in [6.07, 6.45) is 3.52. The number of hydrogen-bond donors (Lipinski definition) is 3. The van der Waals surface area contributed by atoms with Crippen LogP contribution in [0.3, 0.4) is 0 Å². The second-order valence-corrected chi connectivity index (χ2v) is 10.8. The van der Waals surface area contributed by atoms with Crippen molar-refractivity contribution in [3.8, 4) is 5.75 Å². The highest BCUT2D eigenvalue weighted by Crippen LogP contribution is 2.36. The zero-order chi connectivity index (χ0) is 26.8. The summed E-state index contributed by atoms with van der Waals surface area (Å²) in [6, 6.07) is 3.64. The van der Waals surface area contributed by atoms with Gasteiger partial charge < -0.3 is 20.7 Å². The third-order valence-electron chi connectivity index (χ3n) is 7.74. The van der Waals surface area contributed by atoms with E-state index < -0.39 is 11.7 Å². The standard InChI is InChI=1S/C27H36F3N7O/c1-18(2)21-16-34-37-23(21)35-24-33-17-26(9-11-31-12-10-26)8-4-3-5-13-38-22-7-6-20(27(28,29)30)14-19(22)15-32-25(37)36-24/h6-7,14,16,18,31H,3-5,8-13,15,17H2,1-2H3,(H2,32,33,35,36). The largest absolute Gasteiger partial charge is 0.493 e. The normalized spacial score (nSPS) is 19.0. The first-order valence-corrected chi connectivity index (χ1v) is 13.5. The molecule has 8 nitrogen and oxygen atoms in total. The zero-order valence-corrected chi connectivity index (χ0v) is 22.0. The topological polar surface area (TPSA) is 88.4 Å². The first-order valence-electron chi connectivity index (χ1n) is 13.5. The number of rotatable bonds is 1. The van der Waals surface area contributed by atoms with E-state index >= 15 is 0 Å². The Morgan fingerprint density at radius 2 is 1.84 bits per heavy atom. The Labute approximate surface area is 220 Å². The van der Waals surface area contributed by atoms with Crippen molar-refractivity contribution in [2.24, 2.45) is 5.41 Å². The van der Waals surface area contributed by atoms with Crippen molar-refractivity contribution in [2.75, 3.05) is 36.9 Å². The summed E-state index contributed by atoms with van der Waals surface area (Å²) in [5.41, 5.74) is 1.53. The Hall–Kier alpha value is -3.08. The summed E-state index contributed by atoms with van der Waals surface area (Å²) in [4.78, 5) is 9.52. The van der Waals surface area contributed by atoms with Crippen molar-refractivity contribution in [3.63, 3.8) is 0 Å². The van der Waals surface area contributed by atoms with Gasteiger partial charge in [-0.15, -0.1) is 0 Å². The maximum atomic E-state index is 13.5. The molecule has 2 bridgehead atoms. The van der Waals surface area contributed by atoms with Crippen LogP contribution in [0.1, 0.15) is 75.0 Å². The van der Waals surface area contributed by atoms with E-state index in [9.17, 15) is 13.2 Å². The minimum atomic E-state index is -4.44. The molecule has 1 spiro atoms. The molecule has 1 aromatic carbocycles. The van der Waals surface area contributed by atoms with Crippen molar-refractivity contribution in [1.82, 2.24) is 24.9 Å². The first-order chi connectivity index (χ1) is 18.2. The highest BCUT2D eigenvalue weighted by molar-refractivity contribution is 5.56. The molecule has 4 heterocycles. The lowest BCUT2D eigenvalue weighted by molar-refractivity contribution is -0.137. The van der Waals surface area contributed by atoms with Gasteiger partial charge >= 0.3 is 6.18 Å². The zero-order valence-electron chi connectivity index (χ0n) is 22.0. The van der Waals surface area contributed by atoms with Gasteiger partial charge in [0.25, 0.3) is 0 Å². The fraction of sp³-hybridized carbons (Fsp3) is 0.593. The highest BCUT2D eigenvalue weighted by atomic mass is 19.4. The van der Waals surface area contributed by atoms with Crippen LogP contribution in [-0.2, 0) is 12.7 Å². The molecule has 206 valence electrons. The van der Waals surface area contributed by atoms with E-state index in [2.05, 4.69) is 34.9 Å². The number of nitrogens with zero attached hydrogens (tertiary/aromatic N) is 4. The fourth-order valence-electron chi connectivity index (χ4n) is 5.40. The van der Waals surface area contributed by atoms with Gasteiger partial charge in [-0.1, -0.05) is 26.7 Å². The molecule has 0 unspecified atom stereocenters. The van der Waals surface area contributed by atoms with Crippen molar-refractivity contribution in [3.05, 3.63) is 41.1 Å². The van der Waals surface area contributed by atoms with Gasteiger partial charge in [-0.2, -0.15) is 32.8 Å². The Bertz CT molecular complexity index is 1250. The first kappa shape index (κ1) is 26.5. The van der Waals surface area contributed by atoms with E-state index in [1.54, 1.807) is 10.7 Å². The smallest absolute Gasteiger partial charge is 0.416 e. The van der Waals surface area contributed by atoms with Crippen molar-refractivity contribution in [2.45, 2.75) is 71.0 Å². The van der Waals surface area contributed by atoms with Crippen LogP contribution in [0.15, 0.2) is 24.4 Å². The average molecular weight is 532 g/mol. The van der Waals surface area contributed by atoms with Gasteiger partial charge in [0, 0.05) is 24.2 Å². The summed E-state index contributed by atoms with van der Waals surface area (Å²) in [5.74, 6) is 1.55. The number of ether oxygens (including phenoxy) is 1. The van der Waals surface area contributed by atoms with Gasteiger partial charge in [0.1, 0.15) is 5.75 Å². The van der Waals surface area contributed by atoms with Crippen LogP contribution in [0.5, 0.6) is 5.75 Å². The van der Waals surface area contributed by atoms with E-state index in [1.807, 2.05) is 0 Å². The Morgan fingerprint density at radius 1 is 1.03 bits per heavy atom. The molecular formula is C27H36F3N7O. The van der Waals surface area contributed by atoms with Gasteiger partial charge in [0.05, 0.1) is 18.4 Å². The van der Waals surface area contributed by atoms with Crippen molar-refractivity contribution in [1.29, 1.82) is 0 Å².